The van der Waals surface area contributed by atoms with Crippen LogP contribution in [0.5, 0.6) is 23.0 Å². The molecule has 0 saturated heterocycles. The lowest BCUT2D eigenvalue weighted by molar-refractivity contribution is -0.118. The molecule has 0 radical (unpaired) electrons. The number of carbonyl (C=O) groups is 2. The molecule has 1 N–H and O–H groups in total. The molecule has 8 nitrogen and oxygen atoms in total. The van der Waals surface area contributed by atoms with Crippen molar-refractivity contribution in [3.05, 3.63) is 77.8 Å². The highest BCUT2D eigenvalue weighted by Crippen LogP contribution is 2.35. The summed E-state index contributed by atoms with van der Waals surface area (Å²) in [5, 5.41) is 2.71. The van der Waals surface area contributed by atoms with Crippen LogP contribution in [0.25, 0.3) is 6.08 Å². The van der Waals surface area contributed by atoms with Gasteiger partial charge in [-0.3, -0.25) is 14.6 Å². The summed E-state index contributed by atoms with van der Waals surface area (Å²) in [4.78, 5) is 28.6. The van der Waals surface area contributed by atoms with Crippen LogP contribution in [0.15, 0.2) is 66.7 Å². The van der Waals surface area contributed by atoms with Crippen molar-refractivity contribution >= 4 is 23.5 Å². The summed E-state index contributed by atoms with van der Waals surface area (Å²) in [5.41, 5.74) is 1.78. The van der Waals surface area contributed by atoms with Crippen molar-refractivity contribution in [2.24, 2.45) is 0 Å². The van der Waals surface area contributed by atoms with Gasteiger partial charge in [-0.25, -0.2) is 0 Å². The van der Waals surface area contributed by atoms with Gasteiger partial charge in [0.05, 0.1) is 19.8 Å². The number of hydrogen-bond acceptors (Lipinski definition) is 7. The first-order chi connectivity index (χ1) is 15.6. The zero-order valence-electron chi connectivity index (χ0n) is 17.5. The SMILES string of the molecule is COc1ccc2c(c1)O/C(=C/c1ccc(OCC(=O)Nc3ccncc3)c(OC)c1)C2=O. The smallest absolute Gasteiger partial charge is 0.262 e. The monoisotopic (exact) mass is 432 g/mol. The average Bonchev–Trinajstić information content (AvgIpc) is 3.13. The van der Waals surface area contributed by atoms with Gasteiger partial charge in [0.2, 0.25) is 5.78 Å². The van der Waals surface area contributed by atoms with Crippen LogP contribution in [-0.4, -0.2) is 37.5 Å². The summed E-state index contributed by atoms with van der Waals surface area (Å²) in [7, 11) is 3.05. The number of aromatic nitrogens is 1. The molecule has 32 heavy (non-hydrogen) atoms. The lowest BCUT2D eigenvalue weighted by atomic mass is 10.1. The van der Waals surface area contributed by atoms with Gasteiger partial charge in [0, 0.05) is 24.1 Å². The number of ketones is 1. The Morgan fingerprint density at radius 1 is 1.03 bits per heavy atom. The van der Waals surface area contributed by atoms with Gasteiger partial charge in [0.25, 0.3) is 5.91 Å². The van der Waals surface area contributed by atoms with Crippen LogP contribution < -0.4 is 24.3 Å². The first-order valence-corrected chi connectivity index (χ1v) is 9.70. The summed E-state index contributed by atoms with van der Waals surface area (Å²) in [6.07, 6.45) is 4.79. The van der Waals surface area contributed by atoms with Gasteiger partial charge >= 0.3 is 0 Å². The van der Waals surface area contributed by atoms with E-state index in [1.54, 1.807) is 74.1 Å². The second-order valence-electron chi connectivity index (χ2n) is 6.78. The van der Waals surface area contributed by atoms with Crippen LogP contribution in [0, 0.1) is 0 Å². The predicted molar refractivity (Wildman–Crippen MR) is 117 cm³/mol. The molecule has 2 aromatic carbocycles. The standard InChI is InChI=1S/C24H20N2O6/c1-29-17-4-5-18-20(13-17)32-22(24(18)28)12-15-3-6-19(21(11-15)30-2)31-14-23(27)26-16-7-9-25-10-8-16/h3-13H,14H2,1-2H3,(H,25,26,27)/b22-12+. The molecule has 0 aliphatic carbocycles. The van der Waals surface area contributed by atoms with Gasteiger partial charge in [-0.2, -0.15) is 0 Å². The van der Waals surface area contributed by atoms with E-state index in [0.29, 0.717) is 39.8 Å². The van der Waals surface area contributed by atoms with E-state index in [0.717, 1.165) is 0 Å². The molecule has 0 spiro atoms. The molecule has 0 saturated carbocycles. The van der Waals surface area contributed by atoms with E-state index in [-0.39, 0.29) is 24.1 Å². The first-order valence-electron chi connectivity index (χ1n) is 9.70. The Morgan fingerprint density at radius 2 is 1.84 bits per heavy atom. The lowest BCUT2D eigenvalue weighted by Crippen LogP contribution is -2.20. The fraction of sp³-hybridized carbons (Fsp3) is 0.125. The summed E-state index contributed by atoms with van der Waals surface area (Å²) < 4.78 is 21.9. The largest absolute Gasteiger partial charge is 0.497 e. The third kappa shape index (κ3) is 4.54. The number of Topliss-reactive ketones (excluding diaryl/α,β-unsaturated/α-hetero) is 1. The summed E-state index contributed by atoms with van der Waals surface area (Å²) >= 11 is 0. The number of nitrogens with one attached hydrogen (secondary N) is 1. The Bertz CT molecular complexity index is 1190. The third-order valence-corrected chi connectivity index (χ3v) is 4.69. The number of pyridine rings is 1. The van der Waals surface area contributed by atoms with Crippen molar-refractivity contribution in [2.45, 2.75) is 0 Å². The van der Waals surface area contributed by atoms with E-state index >= 15 is 0 Å². The van der Waals surface area contributed by atoms with Crippen molar-refractivity contribution in [3.63, 3.8) is 0 Å². The molecule has 4 rings (SSSR count). The summed E-state index contributed by atoms with van der Waals surface area (Å²) in [6, 6.07) is 13.5. The molecule has 2 heterocycles. The number of amides is 1. The molecule has 8 heteroatoms. The minimum Gasteiger partial charge on any atom is -0.497 e. The number of anilines is 1. The number of ether oxygens (including phenoxy) is 4. The zero-order valence-corrected chi connectivity index (χ0v) is 17.5. The molecule has 0 unspecified atom stereocenters. The Morgan fingerprint density at radius 3 is 2.59 bits per heavy atom. The van der Waals surface area contributed by atoms with Crippen LogP contribution >= 0.6 is 0 Å². The zero-order chi connectivity index (χ0) is 22.5. The van der Waals surface area contributed by atoms with Crippen molar-refractivity contribution in [1.29, 1.82) is 0 Å². The average molecular weight is 432 g/mol. The Hall–Kier alpha value is -4.33. The Balaban J connectivity index is 1.45. The van der Waals surface area contributed by atoms with Crippen molar-refractivity contribution in [3.8, 4) is 23.0 Å². The van der Waals surface area contributed by atoms with Crippen LogP contribution in [-0.2, 0) is 4.79 Å². The summed E-state index contributed by atoms with van der Waals surface area (Å²) in [6.45, 7) is -0.197. The predicted octanol–water partition coefficient (Wildman–Crippen LogP) is 3.73. The topological polar surface area (TPSA) is 96.0 Å². The van der Waals surface area contributed by atoms with Gasteiger partial charge in [0.15, 0.2) is 23.9 Å². The first kappa shape index (κ1) is 20.9. The van der Waals surface area contributed by atoms with Crippen molar-refractivity contribution in [2.75, 3.05) is 26.1 Å². The molecule has 1 amide bonds. The number of rotatable bonds is 7. The Labute approximate surface area is 184 Å². The van der Waals surface area contributed by atoms with E-state index in [9.17, 15) is 9.59 Å². The number of benzene rings is 2. The minimum atomic E-state index is -0.317. The highest BCUT2D eigenvalue weighted by Gasteiger charge is 2.27. The lowest BCUT2D eigenvalue weighted by Gasteiger charge is -2.11. The van der Waals surface area contributed by atoms with Crippen LogP contribution in [0.4, 0.5) is 5.69 Å². The highest BCUT2D eigenvalue weighted by molar-refractivity contribution is 6.14. The maximum atomic E-state index is 12.6. The number of fused-ring (bicyclic) bond motifs is 1. The van der Waals surface area contributed by atoms with Gasteiger partial charge in [-0.15, -0.1) is 0 Å². The normalized spacial score (nSPS) is 13.3. The molecule has 162 valence electrons. The highest BCUT2D eigenvalue weighted by atomic mass is 16.5. The maximum absolute atomic E-state index is 12.6. The summed E-state index contributed by atoms with van der Waals surface area (Å²) in [5.74, 6) is 1.53. The van der Waals surface area contributed by atoms with Gasteiger partial charge in [-0.05, 0) is 48.0 Å². The van der Waals surface area contributed by atoms with E-state index in [1.807, 2.05) is 0 Å². The number of hydrogen-bond donors (Lipinski definition) is 1. The number of carbonyl (C=O) groups excluding carboxylic acids is 2. The molecule has 0 bridgehead atoms. The molecule has 1 aromatic heterocycles. The second-order valence-corrected chi connectivity index (χ2v) is 6.78. The molecule has 1 aliphatic rings. The van der Waals surface area contributed by atoms with E-state index < -0.39 is 0 Å². The second kappa shape index (κ2) is 9.22. The van der Waals surface area contributed by atoms with Crippen LogP contribution in [0.2, 0.25) is 0 Å². The van der Waals surface area contributed by atoms with E-state index in [4.69, 9.17) is 18.9 Å². The quantitative estimate of drug-likeness (QED) is 0.568. The maximum Gasteiger partial charge on any atom is 0.262 e. The number of methoxy groups -OCH3 is 2. The number of nitrogens with zero attached hydrogens (tertiary/aromatic N) is 1. The molecule has 0 atom stereocenters. The van der Waals surface area contributed by atoms with Crippen molar-refractivity contribution < 1.29 is 28.5 Å². The molecular formula is C24H20N2O6. The van der Waals surface area contributed by atoms with E-state index in [2.05, 4.69) is 10.3 Å². The van der Waals surface area contributed by atoms with Gasteiger partial charge in [0.1, 0.15) is 11.5 Å². The van der Waals surface area contributed by atoms with Crippen LogP contribution in [0.3, 0.4) is 0 Å². The molecular weight excluding hydrogens is 412 g/mol. The number of allylic oxidation sites excluding steroid dienone is 1. The minimum absolute atomic E-state index is 0.195. The third-order valence-electron chi connectivity index (χ3n) is 4.69. The van der Waals surface area contributed by atoms with Gasteiger partial charge in [-0.1, -0.05) is 6.07 Å². The van der Waals surface area contributed by atoms with Crippen molar-refractivity contribution in [1.82, 2.24) is 4.98 Å². The fourth-order valence-corrected chi connectivity index (χ4v) is 3.11. The van der Waals surface area contributed by atoms with Crippen LogP contribution in [0.1, 0.15) is 15.9 Å². The fourth-order valence-electron chi connectivity index (χ4n) is 3.11. The molecule has 0 fully saturated rings. The van der Waals surface area contributed by atoms with Gasteiger partial charge < -0.3 is 24.3 Å². The van der Waals surface area contributed by atoms with E-state index in [1.165, 1.54) is 7.11 Å². The Kier molecular flexibility index (Phi) is 6.03. The molecule has 1 aliphatic heterocycles. The molecule has 3 aromatic rings.